The maximum atomic E-state index is 5.78. The Balaban J connectivity index is 1.88. The Kier molecular flexibility index (Phi) is 3.49. The van der Waals surface area contributed by atoms with Crippen molar-refractivity contribution in [2.24, 2.45) is 0 Å². The minimum Gasteiger partial charge on any atom is -0.494 e. The van der Waals surface area contributed by atoms with Crippen LogP contribution in [-0.4, -0.2) is 21.4 Å². The van der Waals surface area contributed by atoms with Gasteiger partial charge in [-0.25, -0.2) is 0 Å². The van der Waals surface area contributed by atoms with Crippen molar-refractivity contribution in [2.45, 2.75) is 39.0 Å². The summed E-state index contributed by atoms with van der Waals surface area (Å²) in [5.41, 5.74) is 2.52. The topological polar surface area (TPSA) is 39.9 Å². The van der Waals surface area contributed by atoms with Crippen molar-refractivity contribution in [3.63, 3.8) is 0 Å². The lowest BCUT2D eigenvalue weighted by atomic mass is 10.1. The molecular formula is C15H19N3O. The number of hydrogen-bond acceptors (Lipinski definition) is 3. The molecule has 0 spiro atoms. The number of benzene rings is 1. The van der Waals surface area contributed by atoms with Crippen LogP contribution in [0.1, 0.15) is 37.6 Å². The van der Waals surface area contributed by atoms with Crippen LogP contribution in [0.3, 0.4) is 0 Å². The van der Waals surface area contributed by atoms with Gasteiger partial charge in [0.2, 0.25) is 0 Å². The van der Waals surface area contributed by atoms with Crippen molar-refractivity contribution in [2.75, 3.05) is 6.61 Å². The molecule has 4 nitrogen and oxygen atoms in total. The van der Waals surface area contributed by atoms with Crippen LogP contribution in [0.4, 0.5) is 0 Å². The van der Waals surface area contributed by atoms with Crippen molar-refractivity contribution in [3.05, 3.63) is 35.9 Å². The number of rotatable bonds is 4. The summed E-state index contributed by atoms with van der Waals surface area (Å²) < 4.78 is 7.88. The molecule has 2 heterocycles. The highest BCUT2D eigenvalue weighted by atomic mass is 16.5. The zero-order chi connectivity index (χ0) is 13.1. The minimum atomic E-state index is 0.799. The molecule has 0 saturated heterocycles. The van der Waals surface area contributed by atoms with Crippen molar-refractivity contribution in [3.8, 4) is 11.4 Å². The van der Waals surface area contributed by atoms with Gasteiger partial charge >= 0.3 is 0 Å². The minimum absolute atomic E-state index is 0.799. The van der Waals surface area contributed by atoms with Crippen molar-refractivity contribution in [1.82, 2.24) is 14.8 Å². The highest BCUT2D eigenvalue weighted by molar-refractivity contribution is 5.47. The van der Waals surface area contributed by atoms with Crippen LogP contribution in [-0.2, 0) is 12.8 Å². The Morgan fingerprint density at radius 3 is 3.16 bits per heavy atom. The van der Waals surface area contributed by atoms with Gasteiger partial charge in [-0.2, -0.15) is 0 Å². The summed E-state index contributed by atoms with van der Waals surface area (Å²) in [5.74, 6) is 2.03. The monoisotopic (exact) mass is 257 g/mol. The maximum Gasteiger partial charge on any atom is 0.137 e. The Morgan fingerprint density at radius 1 is 1.32 bits per heavy atom. The van der Waals surface area contributed by atoms with Gasteiger partial charge in [0.25, 0.3) is 0 Å². The van der Waals surface area contributed by atoms with Crippen molar-refractivity contribution in [1.29, 1.82) is 0 Å². The van der Waals surface area contributed by atoms with Crippen molar-refractivity contribution < 1.29 is 4.74 Å². The predicted octanol–water partition coefficient (Wildman–Crippen LogP) is 2.93. The van der Waals surface area contributed by atoms with Crippen LogP contribution in [0.2, 0.25) is 0 Å². The third kappa shape index (κ3) is 2.48. The van der Waals surface area contributed by atoms with Crippen LogP contribution < -0.4 is 4.74 Å². The van der Waals surface area contributed by atoms with Gasteiger partial charge in [0, 0.05) is 6.42 Å². The molecule has 0 N–H and O–H groups in total. The van der Waals surface area contributed by atoms with E-state index in [1.54, 1.807) is 6.33 Å². The molecule has 0 atom stereocenters. The number of ether oxygens (including phenoxy) is 1. The van der Waals surface area contributed by atoms with Gasteiger partial charge in [-0.1, -0.05) is 13.3 Å². The highest BCUT2D eigenvalue weighted by Gasteiger charge is 2.15. The zero-order valence-corrected chi connectivity index (χ0v) is 11.3. The first-order valence-electron chi connectivity index (χ1n) is 7.03. The quantitative estimate of drug-likeness (QED) is 0.791. The Hall–Kier alpha value is -1.84. The van der Waals surface area contributed by atoms with E-state index in [0.717, 1.165) is 50.3 Å². The summed E-state index contributed by atoms with van der Waals surface area (Å²) in [6.07, 6.45) is 7.24. The van der Waals surface area contributed by atoms with Gasteiger partial charge in [-0.05, 0) is 43.0 Å². The molecule has 1 aliphatic rings. The smallest absolute Gasteiger partial charge is 0.137 e. The second-order valence-corrected chi connectivity index (χ2v) is 4.96. The molecule has 100 valence electrons. The van der Waals surface area contributed by atoms with Gasteiger partial charge in [0.05, 0.1) is 12.3 Å². The maximum absolute atomic E-state index is 5.78. The average Bonchev–Trinajstić information content (AvgIpc) is 2.81. The van der Waals surface area contributed by atoms with E-state index in [-0.39, 0.29) is 0 Å². The molecule has 1 aliphatic heterocycles. The zero-order valence-electron chi connectivity index (χ0n) is 11.3. The standard InChI is InChI=1S/C15H19N3O/c1-2-3-9-19-13-7-8-14-12(10-13)5-4-6-15-17-16-11-18(14)15/h7-8,10-11H,2-6,9H2,1H3. The van der Waals surface area contributed by atoms with E-state index >= 15 is 0 Å². The number of hydrogen-bond donors (Lipinski definition) is 0. The SMILES string of the molecule is CCCCOc1ccc2c(c1)CCCc1nncn1-2. The van der Waals surface area contributed by atoms with Gasteiger partial charge in [0.15, 0.2) is 0 Å². The van der Waals surface area contributed by atoms with Gasteiger partial charge in [-0.3, -0.25) is 4.57 Å². The van der Waals surface area contributed by atoms with E-state index in [9.17, 15) is 0 Å². The fraction of sp³-hybridized carbons (Fsp3) is 0.467. The number of unbranched alkanes of at least 4 members (excludes halogenated alkanes) is 1. The largest absolute Gasteiger partial charge is 0.494 e. The molecule has 0 saturated carbocycles. The molecule has 0 aliphatic carbocycles. The first-order valence-corrected chi connectivity index (χ1v) is 7.03. The van der Waals surface area contributed by atoms with Crippen LogP contribution >= 0.6 is 0 Å². The summed E-state index contributed by atoms with van der Waals surface area (Å²) in [5, 5.41) is 8.19. The lowest BCUT2D eigenvalue weighted by molar-refractivity contribution is 0.309. The van der Waals surface area contributed by atoms with Crippen LogP contribution in [0.25, 0.3) is 5.69 Å². The Morgan fingerprint density at radius 2 is 2.26 bits per heavy atom. The summed E-state index contributed by atoms with van der Waals surface area (Å²) in [7, 11) is 0. The van der Waals surface area contributed by atoms with E-state index < -0.39 is 0 Å². The van der Waals surface area contributed by atoms with E-state index in [0.29, 0.717) is 0 Å². The first kappa shape index (κ1) is 12.2. The normalized spacial score (nSPS) is 13.5. The Labute approximate surface area is 113 Å². The molecular weight excluding hydrogens is 238 g/mol. The summed E-state index contributed by atoms with van der Waals surface area (Å²) in [6, 6.07) is 6.33. The summed E-state index contributed by atoms with van der Waals surface area (Å²) in [4.78, 5) is 0. The lowest BCUT2D eigenvalue weighted by Gasteiger charge is -2.11. The molecule has 1 aromatic carbocycles. The average molecular weight is 257 g/mol. The van der Waals surface area contributed by atoms with E-state index in [1.165, 1.54) is 11.3 Å². The molecule has 2 aromatic rings. The van der Waals surface area contributed by atoms with E-state index in [4.69, 9.17) is 4.74 Å². The highest BCUT2D eigenvalue weighted by Crippen LogP contribution is 2.26. The first-order chi connectivity index (χ1) is 9.38. The number of aromatic nitrogens is 3. The number of fused-ring (bicyclic) bond motifs is 3. The fourth-order valence-electron chi connectivity index (χ4n) is 2.49. The lowest BCUT2D eigenvalue weighted by Crippen LogP contribution is -2.01. The summed E-state index contributed by atoms with van der Waals surface area (Å²) in [6.45, 7) is 2.97. The Bertz CT molecular complexity index is 562. The van der Waals surface area contributed by atoms with Crippen LogP contribution in [0.15, 0.2) is 24.5 Å². The molecule has 0 amide bonds. The van der Waals surface area contributed by atoms with Gasteiger partial charge < -0.3 is 4.74 Å². The summed E-state index contributed by atoms with van der Waals surface area (Å²) >= 11 is 0. The van der Waals surface area contributed by atoms with Gasteiger partial charge in [0.1, 0.15) is 17.9 Å². The van der Waals surface area contributed by atoms with Crippen LogP contribution in [0.5, 0.6) is 5.75 Å². The second kappa shape index (κ2) is 5.43. The molecule has 0 radical (unpaired) electrons. The second-order valence-electron chi connectivity index (χ2n) is 4.96. The van der Waals surface area contributed by atoms with E-state index in [1.807, 2.05) is 6.07 Å². The fourth-order valence-corrected chi connectivity index (χ4v) is 2.49. The number of nitrogens with zero attached hydrogens (tertiary/aromatic N) is 3. The predicted molar refractivity (Wildman–Crippen MR) is 73.8 cm³/mol. The third-order valence-electron chi connectivity index (χ3n) is 3.54. The number of aryl methyl sites for hydroxylation is 2. The van der Waals surface area contributed by atoms with E-state index in [2.05, 4.69) is 33.8 Å². The molecule has 1 aromatic heterocycles. The van der Waals surface area contributed by atoms with Gasteiger partial charge in [-0.15, -0.1) is 10.2 Å². The molecule has 0 bridgehead atoms. The molecule has 3 rings (SSSR count). The van der Waals surface area contributed by atoms with Crippen LogP contribution in [0, 0.1) is 0 Å². The molecule has 19 heavy (non-hydrogen) atoms. The molecule has 0 fully saturated rings. The van der Waals surface area contributed by atoms with Crippen molar-refractivity contribution >= 4 is 0 Å². The third-order valence-corrected chi connectivity index (χ3v) is 3.54. The molecule has 4 heteroatoms. The molecule has 0 unspecified atom stereocenters.